The third kappa shape index (κ3) is 4.19. The van der Waals surface area contributed by atoms with Crippen molar-refractivity contribution < 1.29 is 9.59 Å². The fourth-order valence-corrected chi connectivity index (χ4v) is 5.00. The molecule has 7 nitrogen and oxygen atoms in total. The molecule has 2 aromatic heterocycles. The van der Waals surface area contributed by atoms with Gasteiger partial charge in [-0.2, -0.15) is 5.10 Å². The van der Waals surface area contributed by atoms with Crippen molar-refractivity contribution in [1.29, 1.82) is 0 Å². The van der Waals surface area contributed by atoms with Gasteiger partial charge in [-0.1, -0.05) is 12.1 Å². The minimum absolute atomic E-state index is 0.0353. The number of carbonyl (C=O) groups excluding carboxylic acids is 2. The lowest BCUT2D eigenvalue weighted by atomic mass is 9.89. The number of nitrogens with zero attached hydrogens (tertiary/aromatic N) is 4. The van der Waals surface area contributed by atoms with Gasteiger partial charge < -0.3 is 15.1 Å². The van der Waals surface area contributed by atoms with Crippen LogP contribution in [0.2, 0.25) is 0 Å². The number of benzene rings is 1. The molecule has 2 aliphatic heterocycles. The Bertz CT molecular complexity index is 1190. The molecule has 7 heteroatoms. The Hall–Kier alpha value is -3.35. The maximum absolute atomic E-state index is 12.9. The molecule has 0 unspecified atom stereocenters. The van der Waals surface area contributed by atoms with E-state index in [0.717, 1.165) is 55.5 Å². The van der Waals surface area contributed by atoms with Gasteiger partial charge in [0.2, 0.25) is 0 Å². The van der Waals surface area contributed by atoms with Crippen molar-refractivity contribution in [1.82, 2.24) is 19.4 Å². The molecule has 2 fully saturated rings. The molecule has 1 N–H and O–H groups in total. The van der Waals surface area contributed by atoms with Gasteiger partial charge in [0.1, 0.15) is 0 Å². The molecule has 5 rings (SSSR count). The summed E-state index contributed by atoms with van der Waals surface area (Å²) in [7, 11) is 0. The molecule has 0 radical (unpaired) electrons. The molecule has 3 aromatic rings. The molecule has 4 heterocycles. The van der Waals surface area contributed by atoms with Crippen LogP contribution in [0.25, 0.3) is 5.52 Å². The van der Waals surface area contributed by atoms with Crippen molar-refractivity contribution in [2.75, 3.05) is 31.5 Å². The lowest BCUT2D eigenvalue weighted by Crippen LogP contribution is -2.40. The SMILES string of the molecule is Cc1cccc(NC(=O)N2CCC(c3ccn4ncc(C(=O)N5CCCC5)c4c3)CC2)c1C. The minimum atomic E-state index is -0.0353. The van der Waals surface area contributed by atoms with Gasteiger partial charge >= 0.3 is 6.03 Å². The predicted octanol–water partition coefficient (Wildman–Crippen LogP) is 4.60. The van der Waals surface area contributed by atoms with Crippen molar-refractivity contribution in [2.45, 2.75) is 45.4 Å². The van der Waals surface area contributed by atoms with Crippen LogP contribution >= 0.6 is 0 Å². The number of hydrogen-bond donors (Lipinski definition) is 1. The Morgan fingerprint density at radius 3 is 2.52 bits per heavy atom. The Morgan fingerprint density at radius 1 is 1.00 bits per heavy atom. The molecular formula is C26H31N5O2. The second-order valence-corrected chi connectivity index (χ2v) is 9.29. The van der Waals surface area contributed by atoms with Crippen LogP contribution in [0.3, 0.4) is 0 Å². The van der Waals surface area contributed by atoms with Gasteiger partial charge in [0.15, 0.2) is 0 Å². The highest BCUT2D eigenvalue weighted by Gasteiger charge is 2.26. The number of aromatic nitrogens is 2. The third-order valence-electron chi connectivity index (χ3n) is 7.27. The molecular weight excluding hydrogens is 414 g/mol. The van der Waals surface area contributed by atoms with E-state index in [1.807, 2.05) is 35.1 Å². The van der Waals surface area contributed by atoms with Crippen LogP contribution < -0.4 is 5.32 Å². The molecule has 2 aliphatic rings. The first-order valence-corrected chi connectivity index (χ1v) is 11.9. The van der Waals surface area contributed by atoms with Crippen molar-refractivity contribution in [3.8, 4) is 0 Å². The van der Waals surface area contributed by atoms with E-state index in [2.05, 4.69) is 35.5 Å². The lowest BCUT2D eigenvalue weighted by Gasteiger charge is -2.32. The summed E-state index contributed by atoms with van der Waals surface area (Å²) in [6.07, 6.45) is 7.60. The number of amides is 3. The smallest absolute Gasteiger partial charge is 0.321 e. The molecule has 3 amide bonds. The average molecular weight is 446 g/mol. The van der Waals surface area contributed by atoms with Crippen LogP contribution in [-0.4, -0.2) is 57.5 Å². The van der Waals surface area contributed by atoms with Gasteiger partial charge in [0, 0.05) is 38.1 Å². The summed E-state index contributed by atoms with van der Waals surface area (Å²) in [4.78, 5) is 29.6. The number of rotatable bonds is 3. The van der Waals surface area contributed by atoms with Crippen LogP contribution in [-0.2, 0) is 0 Å². The molecule has 2 saturated heterocycles. The molecule has 0 aliphatic carbocycles. The van der Waals surface area contributed by atoms with E-state index in [0.29, 0.717) is 24.6 Å². The number of pyridine rings is 1. The number of aryl methyl sites for hydroxylation is 1. The number of anilines is 1. The van der Waals surface area contributed by atoms with E-state index in [-0.39, 0.29) is 11.9 Å². The Morgan fingerprint density at radius 2 is 1.76 bits per heavy atom. The minimum Gasteiger partial charge on any atom is -0.339 e. The maximum Gasteiger partial charge on any atom is 0.321 e. The molecule has 1 aromatic carbocycles. The lowest BCUT2D eigenvalue weighted by molar-refractivity contribution is 0.0794. The van der Waals surface area contributed by atoms with E-state index >= 15 is 0 Å². The number of hydrogen-bond acceptors (Lipinski definition) is 3. The van der Waals surface area contributed by atoms with Gasteiger partial charge in [-0.05, 0) is 80.3 Å². The van der Waals surface area contributed by atoms with Gasteiger partial charge in [0.25, 0.3) is 5.91 Å². The molecule has 0 bridgehead atoms. The van der Waals surface area contributed by atoms with E-state index < -0.39 is 0 Å². The number of carbonyl (C=O) groups is 2. The molecule has 0 saturated carbocycles. The highest BCUT2D eigenvalue weighted by Crippen LogP contribution is 2.30. The summed E-state index contributed by atoms with van der Waals surface area (Å²) in [5.74, 6) is 0.446. The maximum atomic E-state index is 12.9. The Kier molecular flexibility index (Phi) is 5.79. The summed E-state index contributed by atoms with van der Waals surface area (Å²) in [5, 5.41) is 7.47. The van der Waals surface area contributed by atoms with Crippen molar-refractivity contribution in [3.05, 3.63) is 65.0 Å². The van der Waals surface area contributed by atoms with Crippen LogP contribution in [0, 0.1) is 13.8 Å². The first-order chi connectivity index (χ1) is 16.0. The number of nitrogens with one attached hydrogen (secondary N) is 1. The zero-order valence-corrected chi connectivity index (χ0v) is 19.4. The average Bonchev–Trinajstić information content (AvgIpc) is 3.52. The monoisotopic (exact) mass is 445 g/mol. The number of fused-ring (bicyclic) bond motifs is 1. The Balaban J connectivity index is 1.26. The van der Waals surface area contributed by atoms with E-state index in [4.69, 9.17) is 0 Å². The summed E-state index contributed by atoms with van der Waals surface area (Å²) in [5.41, 5.74) is 5.93. The molecule has 33 heavy (non-hydrogen) atoms. The first-order valence-electron chi connectivity index (χ1n) is 11.9. The fraction of sp³-hybridized carbons (Fsp3) is 0.423. The topological polar surface area (TPSA) is 70.0 Å². The second-order valence-electron chi connectivity index (χ2n) is 9.29. The van der Waals surface area contributed by atoms with Gasteiger partial charge in [-0.3, -0.25) is 4.79 Å². The summed E-state index contributed by atoms with van der Waals surface area (Å²) >= 11 is 0. The van der Waals surface area contributed by atoms with Gasteiger partial charge in [-0.15, -0.1) is 0 Å². The zero-order chi connectivity index (χ0) is 22.9. The van der Waals surface area contributed by atoms with Crippen LogP contribution in [0.5, 0.6) is 0 Å². The van der Waals surface area contributed by atoms with Crippen LogP contribution in [0.4, 0.5) is 10.5 Å². The number of piperidine rings is 1. The highest BCUT2D eigenvalue weighted by atomic mass is 16.2. The second kappa shape index (κ2) is 8.89. The van der Waals surface area contributed by atoms with Crippen LogP contribution in [0.15, 0.2) is 42.7 Å². The summed E-state index contributed by atoms with van der Waals surface area (Å²) < 4.78 is 1.79. The highest BCUT2D eigenvalue weighted by molar-refractivity contribution is 6.00. The summed E-state index contributed by atoms with van der Waals surface area (Å²) in [6, 6.07) is 10.2. The van der Waals surface area contributed by atoms with Gasteiger partial charge in [-0.25, -0.2) is 9.31 Å². The van der Waals surface area contributed by atoms with Crippen molar-refractivity contribution >= 4 is 23.1 Å². The van der Waals surface area contributed by atoms with Crippen molar-refractivity contribution in [3.63, 3.8) is 0 Å². The quantitative estimate of drug-likeness (QED) is 0.641. The van der Waals surface area contributed by atoms with E-state index in [9.17, 15) is 9.59 Å². The predicted molar refractivity (Wildman–Crippen MR) is 129 cm³/mol. The Labute approximate surface area is 194 Å². The van der Waals surface area contributed by atoms with E-state index in [1.54, 1.807) is 10.7 Å². The normalized spacial score (nSPS) is 17.0. The van der Waals surface area contributed by atoms with Gasteiger partial charge in [0.05, 0.1) is 17.3 Å². The summed E-state index contributed by atoms with van der Waals surface area (Å²) in [6.45, 7) is 7.18. The first kappa shape index (κ1) is 21.5. The number of likely N-dealkylation sites (tertiary alicyclic amines) is 2. The van der Waals surface area contributed by atoms with Crippen molar-refractivity contribution in [2.24, 2.45) is 0 Å². The molecule has 172 valence electrons. The molecule has 0 spiro atoms. The fourth-order valence-electron chi connectivity index (χ4n) is 5.00. The third-order valence-corrected chi connectivity index (χ3v) is 7.27. The van der Waals surface area contributed by atoms with E-state index in [1.165, 1.54) is 11.1 Å². The van der Waals surface area contributed by atoms with Crippen LogP contribution in [0.1, 0.15) is 58.6 Å². The standard InChI is InChI=1S/C26H31N5O2/c1-18-6-5-7-23(19(18)2)28-26(33)30-13-8-20(9-14-30)21-10-15-31-24(16-21)22(17-27-31)25(32)29-11-3-4-12-29/h5-7,10,15-17,20H,3-4,8-9,11-14H2,1-2H3,(H,28,33). The largest absolute Gasteiger partial charge is 0.339 e. The number of urea groups is 1. The molecule has 0 atom stereocenters. The zero-order valence-electron chi connectivity index (χ0n) is 19.4.